The van der Waals surface area contributed by atoms with Crippen molar-refractivity contribution in [2.24, 2.45) is 7.05 Å². The lowest BCUT2D eigenvalue weighted by Crippen LogP contribution is -2.34. The highest BCUT2D eigenvalue weighted by atomic mass is 16.5. The van der Waals surface area contributed by atoms with Crippen LogP contribution in [0.15, 0.2) is 41.1 Å². The molecule has 6 heteroatoms. The summed E-state index contributed by atoms with van der Waals surface area (Å²) in [5, 5.41) is 0. The lowest BCUT2D eigenvalue weighted by atomic mass is 10.0. The molecule has 27 heavy (non-hydrogen) atoms. The van der Waals surface area contributed by atoms with Gasteiger partial charge in [-0.25, -0.2) is 9.97 Å². The Balaban J connectivity index is 1.56. The molecule has 1 fully saturated rings. The summed E-state index contributed by atoms with van der Waals surface area (Å²) in [5.74, 6) is 3.50. The summed E-state index contributed by atoms with van der Waals surface area (Å²) in [6.45, 7) is 3.83. The van der Waals surface area contributed by atoms with E-state index in [1.807, 2.05) is 43.6 Å². The largest absolute Gasteiger partial charge is 0.497 e. The zero-order valence-corrected chi connectivity index (χ0v) is 16.2. The molecule has 0 spiro atoms. The third-order valence-electron chi connectivity index (χ3n) is 5.35. The molecule has 1 aliphatic rings. The van der Waals surface area contributed by atoms with E-state index in [9.17, 15) is 0 Å². The van der Waals surface area contributed by atoms with E-state index in [2.05, 4.69) is 21.5 Å². The molecule has 1 aliphatic heterocycles. The fourth-order valence-electron chi connectivity index (χ4n) is 3.80. The Morgan fingerprint density at radius 1 is 1.22 bits per heavy atom. The summed E-state index contributed by atoms with van der Waals surface area (Å²) < 4.78 is 13.3. The van der Waals surface area contributed by atoms with Gasteiger partial charge in [-0.1, -0.05) is 6.42 Å². The van der Waals surface area contributed by atoms with Crippen molar-refractivity contribution in [1.29, 1.82) is 0 Å². The summed E-state index contributed by atoms with van der Waals surface area (Å²) in [6, 6.07) is 8.14. The molecule has 0 bridgehead atoms. The van der Waals surface area contributed by atoms with Gasteiger partial charge in [0.15, 0.2) is 0 Å². The Hall–Kier alpha value is -2.60. The summed E-state index contributed by atoms with van der Waals surface area (Å²) in [6.07, 6.45) is 7.48. The molecule has 1 unspecified atom stereocenters. The third kappa shape index (κ3) is 3.62. The van der Waals surface area contributed by atoms with Gasteiger partial charge in [0.05, 0.1) is 18.8 Å². The van der Waals surface area contributed by atoms with Crippen LogP contribution in [0.3, 0.4) is 0 Å². The molecule has 1 saturated heterocycles. The predicted octanol–water partition coefficient (Wildman–Crippen LogP) is 4.12. The average molecular weight is 366 g/mol. The van der Waals surface area contributed by atoms with Crippen LogP contribution >= 0.6 is 0 Å². The van der Waals surface area contributed by atoms with Gasteiger partial charge < -0.3 is 13.7 Å². The molecule has 6 nitrogen and oxygen atoms in total. The summed E-state index contributed by atoms with van der Waals surface area (Å²) in [5.41, 5.74) is 1.96. The van der Waals surface area contributed by atoms with Gasteiger partial charge in [0.1, 0.15) is 17.3 Å². The number of aryl methyl sites for hydroxylation is 2. The first-order valence-corrected chi connectivity index (χ1v) is 9.47. The van der Waals surface area contributed by atoms with Crippen molar-refractivity contribution < 1.29 is 9.15 Å². The van der Waals surface area contributed by atoms with Gasteiger partial charge in [-0.05, 0) is 50.6 Å². The minimum absolute atomic E-state index is 0.333. The number of oxazole rings is 1. The number of methoxy groups -OCH3 is 1. The lowest BCUT2D eigenvalue weighted by molar-refractivity contribution is 0.129. The highest BCUT2D eigenvalue weighted by Crippen LogP contribution is 2.32. The number of nitrogens with zero attached hydrogens (tertiary/aromatic N) is 4. The van der Waals surface area contributed by atoms with Crippen LogP contribution in [-0.4, -0.2) is 33.1 Å². The fourth-order valence-corrected chi connectivity index (χ4v) is 3.80. The zero-order valence-electron chi connectivity index (χ0n) is 16.2. The van der Waals surface area contributed by atoms with Crippen molar-refractivity contribution in [2.45, 2.75) is 38.8 Å². The SMILES string of the molecule is COc1ccc(-c2nc(CN3CCCCC3c3nccn3C)c(C)o2)cc1. The highest BCUT2D eigenvalue weighted by molar-refractivity contribution is 5.55. The molecular formula is C21H26N4O2. The van der Waals surface area contributed by atoms with E-state index in [-0.39, 0.29) is 0 Å². The van der Waals surface area contributed by atoms with Gasteiger partial charge >= 0.3 is 0 Å². The van der Waals surface area contributed by atoms with E-state index >= 15 is 0 Å². The first-order chi connectivity index (χ1) is 13.2. The van der Waals surface area contributed by atoms with Crippen LogP contribution in [0.2, 0.25) is 0 Å². The maximum Gasteiger partial charge on any atom is 0.226 e. The number of hydrogen-bond donors (Lipinski definition) is 0. The number of aromatic nitrogens is 3. The van der Waals surface area contributed by atoms with Crippen molar-refractivity contribution in [3.05, 3.63) is 53.9 Å². The summed E-state index contributed by atoms with van der Waals surface area (Å²) in [7, 11) is 3.73. The number of piperidine rings is 1. The molecule has 0 radical (unpaired) electrons. The van der Waals surface area contributed by atoms with Crippen LogP contribution in [0, 0.1) is 6.92 Å². The van der Waals surface area contributed by atoms with Gasteiger partial charge in [-0.15, -0.1) is 0 Å². The number of hydrogen-bond acceptors (Lipinski definition) is 5. The molecule has 0 N–H and O–H groups in total. The molecule has 142 valence electrons. The molecule has 1 aromatic carbocycles. The smallest absolute Gasteiger partial charge is 0.226 e. The van der Waals surface area contributed by atoms with Gasteiger partial charge in [0.25, 0.3) is 0 Å². The molecular weight excluding hydrogens is 340 g/mol. The van der Waals surface area contributed by atoms with Crippen molar-refractivity contribution in [1.82, 2.24) is 19.4 Å². The van der Waals surface area contributed by atoms with Gasteiger partial charge in [-0.3, -0.25) is 4.90 Å². The average Bonchev–Trinajstić information content (AvgIpc) is 3.28. The van der Waals surface area contributed by atoms with Gasteiger partial charge in [0, 0.05) is 31.5 Å². The second-order valence-electron chi connectivity index (χ2n) is 7.13. The maximum absolute atomic E-state index is 5.97. The second-order valence-corrected chi connectivity index (χ2v) is 7.13. The fraction of sp³-hybridized carbons (Fsp3) is 0.429. The number of imidazole rings is 1. The minimum Gasteiger partial charge on any atom is -0.497 e. The molecule has 0 saturated carbocycles. The van der Waals surface area contributed by atoms with Crippen molar-refractivity contribution in [2.75, 3.05) is 13.7 Å². The quantitative estimate of drug-likeness (QED) is 0.680. The number of benzene rings is 1. The van der Waals surface area contributed by atoms with Crippen LogP contribution in [0.1, 0.15) is 42.6 Å². The van der Waals surface area contributed by atoms with Gasteiger partial charge in [-0.2, -0.15) is 0 Å². The van der Waals surface area contributed by atoms with E-state index < -0.39 is 0 Å². The Bertz CT molecular complexity index is 897. The Morgan fingerprint density at radius 3 is 2.74 bits per heavy atom. The molecule has 3 aromatic rings. The van der Waals surface area contributed by atoms with Crippen molar-refractivity contribution in [3.63, 3.8) is 0 Å². The molecule has 0 aliphatic carbocycles. The Morgan fingerprint density at radius 2 is 2.04 bits per heavy atom. The Kier molecular flexibility index (Phi) is 4.99. The van der Waals surface area contributed by atoms with E-state index in [1.165, 1.54) is 12.8 Å². The van der Waals surface area contributed by atoms with Crippen LogP contribution in [0.4, 0.5) is 0 Å². The molecule has 2 aromatic heterocycles. The second kappa shape index (κ2) is 7.56. The molecule has 1 atom stereocenters. The van der Waals surface area contributed by atoms with Crippen LogP contribution in [-0.2, 0) is 13.6 Å². The molecule has 3 heterocycles. The minimum atomic E-state index is 0.333. The third-order valence-corrected chi connectivity index (χ3v) is 5.35. The van der Waals surface area contributed by atoms with E-state index in [0.717, 1.165) is 48.1 Å². The monoisotopic (exact) mass is 366 g/mol. The van der Waals surface area contributed by atoms with E-state index in [0.29, 0.717) is 11.9 Å². The lowest BCUT2D eigenvalue weighted by Gasteiger charge is -2.34. The molecule has 4 rings (SSSR count). The topological polar surface area (TPSA) is 56.3 Å². The first-order valence-electron chi connectivity index (χ1n) is 9.47. The summed E-state index contributed by atoms with van der Waals surface area (Å²) >= 11 is 0. The summed E-state index contributed by atoms with van der Waals surface area (Å²) in [4.78, 5) is 11.9. The number of likely N-dealkylation sites (tertiary alicyclic amines) is 1. The number of ether oxygens (including phenoxy) is 1. The number of rotatable bonds is 5. The van der Waals surface area contributed by atoms with Crippen LogP contribution < -0.4 is 4.74 Å². The predicted molar refractivity (Wildman–Crippen MR) is 103 cm³/mol. The normalized spacial score (nSPS) is 18.0. The van der Waals surface area contributed by atoms with E-state index in [1.54, 1.807) is 7.11 Å². The van der Waals surface area contributed by atoms with Gasteiger partial charge in [0.2, 0.25) is 5.89 Å². The van der Waals surface area contributed by atoms with Crippen molar-refractivity contribution >= 4 is 0 Å². The zero-order chi connectivity index (χ0) is 18.8. The van der Waals surface area contributed by atoms with Crippen LogP contribution in [0.5, 0.6) is 5.75 Å². The highest BCUT2D eigenvalue weighted by Gasteiger charge is 2.28. The molecule has 0 amide bonds. The standard InChI is InChI=1S/C21H26N4O2/c1-15-18(23-21(27-15)16-7-9-17(26-3)10-8-16)14-25-12-5-4-6-19(25)20-22-11-13-24(20)2/h7-11,13,19H,4-6,12,14H2,1-3H3. The first kappa shape index (κ1) is 17.8. The maximum atomic E-state index is 5.97. The van der Waals surface area contributed by atoms with E-state index in [4.69, 9.17) is 14.1 Å². The van der Waals surface area contributed by atoms with Crippen molar-refractivity contribution in [3.8, 4) is 17.2 Å². The van der Waals surface area contributed by atoms with Crippen LogP contribution in [0.25, 0.3) is 11.5 Å². The Labute approximate surface area is 159 Å².